The third-order valence-corrected chi connectivity index (χ3v) is 4.36. The Bertz CT molecular complexity index is 824. The zero-order valence-electron chi connectivity index (χ0n) is 14.5. The fraction of sp³-hybridized carbons (Fsp3) is 0.368. The summed E-state index contributed by atoms with van der Waals surface area (Å²) in [4.78, 5) is 26.6. The first-order chi connectivity index (χ1) is 12.5. The van der Waals surface area contributed by atoms with E-state index in [1.807, 2.05) is 30.3 Å². The van der Waals surface area contributed by atoms with Crippen molar-refractivity contribution in [2.24, 2.45) is 7.05 Å². The topological polar surface area (TPSA) is 92.0 Å². The average molecular weight is 358 g/mol. The molecule has 0 saturated carbocycles. The van der Waals surface area contributed by atoms with Crippen molar-refractivity contribution in [1.82, 2.24) is 9.47 Å². The molecular weight excluding hydrogens is 336 g/mol. The highest BCUT2D eigenvalue weighted by molar-refractivity contribution is 5.95. The SMILES string of the molecule is Cn1ccc(=O)c(OCc2ccccc2)c1C(=O)N1C[C@H](O)C[C@@H](O)C1. The van der Waals surface area contributed by atoms with Crippen LogP contribution in [0.25, 0.3) is 0 Å². The van der Waals surface area contributed by atoms with Gasteiger partial charge in [0.05, 0.1) is 12.2 Å². The van der Waals surface area contributed by atoms with Gasteiger partial charge in [0, 0.05) is 38.8 Å². The van der Waals surface area contributed by atoms with E-state index in [1.54, 1.807) is 7.05 Å². The van der Waals surface area contributed by atoms with Crippen LogP contribution in [-0.4, -0.2) is 50.9 Å². The number of aromatic nitrogens is 1. The number of hydrogen-bond acceptors (Lipinski definition) is 5. The summed E-state index contributed by atoms with van der Waals surface area (Å²) in [6.45, 7) is 0.375. The van der Waals surface area contributed by atoms with Crippen LogP contribution in [0.2, 0.25) is 0 Å². The third-order valence-electron chi connectivity index (χ3n) is 4.36. The second-order valence-electron chi connectivity index (χ2n) is 6.50. The van der Waals surface area contributed by atoms with Crippen LogP contribution >= 0.6 is 0 Å². The predicted molar refractivity (Wildman–Crippen MR) is 95.0 cm³/mol. The molecule has 1 aromatic carbocycles. The largest absolute Gasteiger partial charge is 0.483 e. The molecule has 7 heteroatoms. The second-order valence-corrected chi connectivity index (χ2v) is 6.50. The maximum atomic E-state index is 13.0. The summed E-state index contributed by atoms with van der Waals surface area (Å²) in [6.07, 6.45) is 0.144. The molecule has 1 aromatic heterocycles. The number of piperidine rings is 1. The van der Waals surface area contributed by atoms with E-state index in [0.717, 1.165) is 5.56 Å². The van der Waals surface area contributed by atoms with Gasteiger partial charge in [-0.25, -0.2) is 0 Å². The van der Waals surface area contributed by atoms with Crippen molar-refractivity contribution >= 4 is 5.91 Å². The number of aliphatic hydroxyl groups excluding tert-OH is 2. The summed E-state index contributed by atoms with van der Waals surface area (Å²) in [5.41, 5.74) is 0.593. The number of carbonyl (C=O) groups is 1. The number of likely N-dealkylation sites (tertiary alicyclic amines) is 1. The van der Waals surface area contributed by atoms with E-state index in [0.29, 0.717) is 0 Å². The molecule has 1 fully saturated rings. The smallest absolute Gasteiger partial charge is 0.274 e. The van der Waals surface area contributed by atoms with Gasteiger partial charge in [0.15, 0.2) is 11.4 Å². The Kier molecular flexibility index (Phi) is 5.39. The van der Waals surface area contributed by atoms with Gasteiger partial charge in [-0.2, -0.15) is 0 Å². The number of carbonyl (C=O) groups excluding carboxylic acids is 1. The van der Waals surface area contributed by atoms with Crippen LogP contribution < -0.4 is 10.2 Å². The first kappa shape index (κ1) is 18.2. The standard InChI is InChI=1S/C19H22N2O5/c1-20-8-7-16(24)18(26-12-13-5-3-2-4-6-13)17(20)19(25)21-10-14(22)9-15(23)11-21/h2-8,14-15,22-23H,9-12H2,1H3/t14-,15-/m1/s1. The number of hydrogen-bond donors (Lipinski definition) is 2. The summed E-state index contributed by atoms with van der Waals surface area (Å²) in [6, 6.07) is 10.7. The summed E-state index contributed by atoms with van der Waals surface area (Å²) in [5.74, 6) is -0.482. The molecule has 2 atom stereocenters. The van der Waals surface area contributed by atoms with E-state index in [-0.39, 0.29) is 43.0 Å². The third kappa shape index (κ3) is 3.95. The summed E-state index contributed by atoms with van der Waals surface area (Å²) < 4.78 is 7.22. The maximum Gasteiger partial charge on any atom is 0.274 e. The Balaban J connectivity index is 1.89. The van der Waals surface area contributed by atoms with Crippen LogP contribution in [0, 0.1) is 0 Å². The number of β-amino-alcohol motifs (C(OH)–C–C–N with tert-alkyl or cyclic N) is 2. The number of amides is 1. The summed E-state index contributed by atoms with van der Waals surface area (Å²) >= 11 is 0. The van der Waals surface area contributed by atoms with E-state index in [1.165, 1.54) is 21.7 Å². The summed E-state index contributed by atoms with van der Waals surface area (Å²) in [7, 11) is 1.65. The van der Waals surface area contributed by atoms with Gasteiger partial charge < -0.3 is 24.4 Å². The molecule has 1 aliphatic heterocycles. The molecule has 2 N–H and O–H groups in total. The quantitative estimate of drug-likeness (QED) is 0.832. The van der Waals surface area contributed by atoms with Crippen LogP contribution in [0.15, 0.2) is 47.4 Å². The number of rotatable bonds is 4. The maximum absolute atomic E-state index is 13.0. The number of ether oxygens (including phenoxy) is 1. The lowest BCUT2D eigenvalue weighted by Crippen LogP contribution is -2.49. The molecule has 1 saturated heterocycles. The highest BCUT2D eigenvalue weighted by Gasteiger charge is 2.31. The molecule has 138 valence electrons. The molecule has 0 bridgehead atoms. The molecule has 1 aliphatic rings. The van der Waals surface area contributed by atoms with Gasteiger partial charge in [0.1, 0.15) is 6.61 Å². The van der Waals surface area contributed by atoms with E-state index >= 15 is 0 Å². The molecule has 7 nitrogen and oxygen atoms in total. The lowest BCUT2D eigenvalue weighted by atomic mass is 10.1. The molecule has 2 aromatic rings. The van der Waals surface area contributed by atoms with Crippen molar-refractivity contribution in [2.45, 2.75) is 25.2 Å². The minimum absolute atomic E-state index is 0.0293. The van der Waals surface area contributed by atoms with Crippen LogP contribution in [0.4, 0.5) is 0 Å². The van der Waals surface area contributed by atoms with Crippen molar-refractivity contribution in [3.05, 3.63) is 64.1 Å². The zero-order chi connectivity index (χ0) is 18.7. The molecular formula is C19H22N2O5. The predicted octanol–water partition coefficient (Wildman–Crippen LogP) is 0.532. The number of aliphatic hydroxyl groups is 2. The van der Waals surface area contributed by atoms with Crippen molar-refractivity contribution < 1.29 is 19.7 Å². The van der Waals surface area contributed by atoms with Crippen molar-refractivity contribution in [3.63, 3.8) is 0 Å². The van der Waals surface area contributed by atoms with Crippen LogP contribution in [0.5, 0.6) is 5.75 Å². The van der Waals surface area contributed by atoms with Gasteiger partial charge in [-0.15, -0.1) is 0 Å². The van der Waals surface area contributed by atoms with E-state index in [9.17, 15) is 19.8 Å². The minimum atomic E-state index is -0.794. The molecule has 1 amide bonds. The monoisotopic (exact) mass is 358 g/mol. The zero-order valence-corrected chi connectivity index (χ0v) is 14.5. The Labute approximate surface area is 151 Å². The normalized spacial score (nSPS) is 20.0. The van der Waals surface area contributed by atoms with Crippen molar-refractivity contribution in [2.75, 3.05) is 13.1 Å². The van der Waals surface area contributed by atoms with Gasteiger partial charge in [-0.1, -0.05) is 30.3 Å². The lowest BCUT2D eigenvalue weighted by molar-refractivity contribution is -0.00447. The molecule has 0 spiro atoms. The van der Waals surface area contributed by atoms with E-state index in [2.05, 4.69) is 0 Å². The number of aryl methyl sites for hydroxylation is 1. The second kappa shape index (κ2) is 7.72. The van der Waals surface area contributed by atoms with E-state index < -0.39 is 18.1 Å². The number of benzene rings is 1. The average Bonchev–Trinajstić information content (AvgIpc) is 2.62. The van der Waals surface area contributed by atoms with Crippen LogP contribution in [0.3, 0.4) is 0 Å². The van der Waals surface area contributed by atoms with Crippen LogP contribution in [-0.2, 0) is 13.7 Å². The van der Waals surface area contributed by atoms with Gasteiger partial charge in [0.25, 0.3) is 5.91 Å². The molecule has 0 radical (unpaired) electrons. The first-order valence-corrected chi connectivity index (χ1v) is 8.47. The Morgan fingerprint density at radius 3 is 2.46 bits per heavy atom. The van der Waals surface area contributed by atoms with Gasteiger partial charge in [-0.05, 0) is 5.56 Å². The Morgan fingerprint density at radius 1 is 1.15 bits per heavy atom. The van der Waals surface area contributed by atoms with Gasteiger partial charge in [0.2, 0.25) is 5.43 Å². The van der Waals surface area contributed by atoms with Crippen LogP contribution in [0.1, 0.15) is 22.5 Å². The minimum Gasteiger partial charge on any atom is -0.483 e. The Hall–Kier alpha value is -2.64. The molecule has 3 rings (SSSR count). The fourth-order valence-electron chi connectivity index (χ4n) is 3.09. The first-order valence-electron chi connectivity index (χ1n) is 8.47. The van der Waals surface area contributed by atoms with Gasteiger partial charge in [-0.3, -0.25) is 9.59 Å². The highest BCUT2D eigenvalue weighted by Crippen LogP contribution is 2.20. The molecule has 0 unspecified atom stereocenters. The van der Waals surface area contributed by atoms with Crippen molar-refractivity contribution in [1.29, 1.82) is 0 Å². The summed E-state index contributed by atoms with van der Waals surface area (Å²) in [5, 5.41) is 19.7. The Morgan fingerprint density at radius 2 is 1.81 bits per heavy atom. The number of nitrogens with zero attached hydrogens (tertiary/aromatic N) is 2. The molecule has 2 heterocycles. The lowest BCUT2D eigenvalue weighted by Gasteiger charge is -2.33. The van der Waals surface area contributed by atoms with E-state index in [4.69, 9.17) is 4.74 Å². The molecule has 26 heavy (non-hydrogen) atoms. The van der Waals surface area contributed by atoms with Crippen molar-refractivity contribution in [3.8, 4) is 5.75 Å². The fourth-order valence-corrected chi connectivity index (χ4v) is 3.09. The molecule has 0 aliphatic carbocycles. The van der Waals surface area contributed by atoms with Gasteiger partial charge >= 0.3 is 0 Å². The number of pyridine rings is 1. The highest BCUT2D eigenvalue weighted by atomic mass is 16.5.